The molecule has 0 saturated carbocycles. The van der Waals surface area contributed by atoms with Gasteiger partial charge in [0.05, 0.1) is 12.7 Å². The molecule has 0 aliphatic carbocycles. The van der Waals surface area contributed by atoms with E-state index in [2.05, 4.69) is 4.98 Å². The molecule has 1 atom stereocenters. The monoisotopic (exact) mass is 311 g/mol. The summed E-state index contributed by atoms with van der Waals surface area (Å²) in [6, 6.07) is 11.4. The molecular formula is C19H21NO3. The van der Waals surface area contributed by atoms with Gasteiger partial charge in [-0.1, -0.05) is 30.3 Å². The molecule has 0 saturated heterocycles. The minimum atomic E-state index is -0.577. The van der Waals surface area contributed by atoms with E-state index in [0.717, 1.165) is 16.7 Å². The van der Waals surface area contributed by atoms with Crippen molar-refractivity contribution < 1.29 is 14.6 Å². The zero-order valence-corrected chi connectivity index (χ0v) is 13.4. The van der Waals surface area contributed by atoms with Gasteiger partial charge in [0.2, 0.25) is 0 Å². The Kier molecular flexibility index (Phi) is 6.06. The molecule has 0 aliphatic heterocycles. The van der Waals surface area contributed by atoms with Crippen LogP contribution >= 0.6 is 0 Å². The lowest BCUT2D eigenvalue weighted by Gasteiger charge is -2.10. The molecule has 1 aromatic carbocycles. The zero-order chi connectivity index (χ0) is 16.7. The Hall–Kier alpha value is -2.46. The van der Waals surface area contributed by atoms with Crippen LogP contribution in [0.5, 0.6) is 0 Å². The molecule has 0 bridgehead atoms. The number of hydrogen-bond donors (Lipinski definition) is 1. The summed E-state index contributed by atoms with van der Waals surface area (Å²) in [4.78, 5) is 15.6. The number of nitrogens with zero attached hydrogens (tertiary/aromatic N) is 1. The number of ether oxygens (including phenoxy) is 1. The predicted octanol–water partition coefficient (Wildman–Crippen LogP) is 3.32. The van der Waals surface area contributed by atoms with E-state index < -0.39 is 6.10 Å². The van der Waals surface area contributed by atoms with Gasteiger partial charge in [-0.15, -0.1) is 0 Å². The van der Waals surface area contributed by atoms with Crippen molar-refractivity contribution in [2.24, 2.45) is 0 Å². The number of pyridine rings is 1. The Balaban J connectivity index is 2.02. The Morgan fingerprint density at radius 3 is 2.65 bits per heavy atom. The topological polar surface area (TPSA) is 59.4 Å². The Morgan fingerprint density at radius 1 is 1.30 bits per heavy atom. The summed E-state index contributed by atoms with van der Waals surface area (Å²) in [5.41, 5.74) is 3.31. The van der Waals surface area contributed by atoms with Crippen LogP contribution < -0.4 is 0 Å². The van der Waals surface area contributed by atoms with Crippen molar-refractivity contribution in [2.75, 3.05) is 6.61 Å². The van der Waals surface area contributed by atoms with Gasteiger partial charge in [-0.05, 0) is 42.7 Å². The van der Waals surface area contributed by atoms with Crippen LogP contribution in [0.2, 0.25) is 0 Å². The van der Waals surface area contributed by atoms with Crippen molar-refractivity contribution in [1.29, 1.82) is 0 Å². The first-order valence-electron chi connectivity index (χ1n) is 7.62. The summed E-state index contributed by atoms with van der Waals surface area (Å²) in [5.74, 6) is -0.302. The molecule has 120 valence electrons. The summed E-state index contributed by atoms with van der Waals surface area (Å²) in [7, 11) is 0. The third kappa shape index (κ3) is 5.04. The van der Waals surface area contributed by atoms with Gasteiger partial charge in [-0.3, -0.25) is 4.98 Å². The molecular weight excluding hydrogens is 290 g/mol. The first-order valence-corrected chi connectivity index (χ1v) is 7.62. The van der Waals surface area contributed by atoms with Gasteiger partial charge in [-0.25, -0.2) is 4.79 Å². The van der Waals surface area contributed by atoms with E-state index in [4.69, 9.17) is 4.74 Å². The summed E-state index contributed by atoms with van der Waals surface area (Å²) >= 11 is 0. The third-order valence-electron chi connectivity index (χ3n) is 3.46. The standard InChI is InChI=1S/C19H21NO3/c1-3-23-19(22)14(2)11-15-6-8-16(9-7-15)12-18(21)17-5-4-10-20-13-17/h4-11,13,18,21H,3,12H2,1-2H3/b14-11+. The van der Waals surface area contributed by atoms with E-state index in [1.165, 1.54) is 0 Å². The minimum absolute atomic E-state index is 0.302. The van der Waals surface area contributed by atoms with Crippen molar-refractivity contribution in [3.8, 4) is 0 Å². The number of carbonyl (C=O) groups is 1. The Bertz CT molecular complexity index is 663. The molecule has 2 rings (SSSR count). The van der Waals surface area contributed by atoms with Crippen molar-refractivity contribution in [3.05, 3.63) is 71.1 Å². The number of aliphatic hydroxyl groups is 1. The van der Waals surface area contributed by atoms with Gasteiger partial charge < -0.3 is 9.84 Å². The molecule has 4 heteroatoms. The summed E-state index contributed by atoms with van der Waals surface area (Å²) in [5, 5.41) is 10.2. The lowest BCUT2D eigenvalue weighted by Crippen LogP contribution is -2.04. The van der Waals surface area contributed by atoms with Crippen LogP contribution in [0, 0.1) is 0 Å². The highest BCUT2D eigenvalue weighted by atomic mass is 16.5. The quantitative estimate of drug-likeness (QED) is 0.657. The maximum Gasteiger partial charge on any atom is 0.333 e. The molecule has 0 fully saturated rings. The Morgan fingerprint density at radius 2 is 2.04 bits per heavy atom. The lowest BCUT2D eigenvalue weighted by molar-refractivity contribution is -0.138. The highest BCUT2D eigenvalue weighted by Crippen LogP contribution is 2.18. The van der Waals surface area contributed by atoms with Crippen molar-refractivity contribution in [1.82, 2.24) is 4.98 Å². The predicted molar refractivity (Wildman–Crippen MR) is 89.6 cm³/mol. The molecule has 0 aliphatic rings. The van der Waals surface area contributed by atoms with Crippen LogP contribution in [0.25, 0.3) is 6.08 Å². The number of rotatable bonds is 6. The maximum absolute atomic E-state index is 11.6. The smallest absolute Gasteiger partial charge is 0.333 e. The molecule has 1 aromatic heterocycles. The van der Waals surface area contributed by atoms with E-state index in [-0.39, 0.29) is 5.97 Å². The normalized spacial score (nSPS) is 12.7. The minimum Gasteiger partial charge on any atom is -0.463 e. The second kappa shape index (κ2) is 8.25. The average Bonchev–Trinajstić information content (AvgIpc) is 2.57. The van der Waals surface area contributed by atoms with Gasteiger partial charge in [0.15, 0.2) is 0 Å². The van der Waals surface area contributed by atoms with E-state index in [1.54, 1.807) is 32.3 Å². The molecule has 1 N–H and O–H groups in total. The van der Waals surface area contributed by atoms with E-state index in [0.29, 0.717) is 18.6 Å². The van der Waals surface area contributed by atoms with E-state index >= 15 is 0 Å². The van der Waals surface area contributed by atoms with Crippen LogP contribution in [0.3, 0.4) is 0 Å². The van der Waals surface area contributed by atoms with Crippen LogP contribution in [0.4, 0.5) is 0 Å². The zero-order valence-electron chi connectivity index (χ0n) is 13.4. The lowest BCUT2D eigenvalue weighted by atomic mass is 10.0. The van der Waals surface area contributed by atoms with Gasteiger partial charge in [0.25, 0.3) is 0 Å². The molecule has 1 heterocycles. The molecule has 0 amide bonds. The van der Waals surface area contributed by atoms with Crippen molar-refractivity contribution in [3.63, 3.8) is 0 Å². The van der Waals surface area contributed by atoms with Gasteiger partial charge in [-0.2, -0.15) is 0 Å². The number of carbonyl (C=O) groups excluding carboxylic acids is 1. The Labute approximate surface area is 136 Å². The maximum atomic E-state index is 11.6. The highest BCUT2D eigenvalue weighted by Gasteiger charge is 2.09. The first-order chi connectivity index (χ1) is 11.1. The molecule has 1 unspecified atom stereocenters. The van der Waals surface area contributed by atoms with E-state index in [1.807, 2.05) is 36.4 Å². The first kappa shape index (κ1) is 16.9. The van der Waals surface area contributed by atoms with Crippen molar-refractivity contribution >= 4 is 12.0 Å². The van der Waals surface area contributed by atoms with Gasteiger partial charge in [0, 0.05) is 24.4 Å². The summed E-state index contributed by atoms with van der Waals surface area (Å²) in [6.07, 6.45) is 5.09. The third-order valence-corrected chi connectivity index (χ3v) is 3.46. The molecule has 0 radical (unpaired) electrons. The molecule has 23 heavy (non-hydrogen) atoms. The fourth-order valence-electron chi connectivity index (χ4n) is 2.22. The number of esters is 1. The second-order valence-corrected chi connectivity index (χ2v) is 5.30. The van der Waals surface area contributed by atoms with Gasteiger partial charge >= 0.3 is 5.97 Å². The van der Waals surface area contributed by atoms with Crippen LogP contribution in [0.15, 0.2) is 54.4 Å². The number of aliphatic hydroxyl groups excluding tert-OH is 1. The van der Waals surface area contributed by atoms with Crippen molar-refractivity contribution in [2.45, 2.75) is 26.4 Å². The SMILES string of the molecule is CCOC(=O)/C(C)=C/c1ccc(CC(O)c2cccnc2)cc1. The number of benzene rings is 1. The largest absolute Gasteiger partial charge is 0.463 e. The fraction of sp³-hybridized carbons (Fsp3) is 0.263. The molecule has 0 spiro atoms. The second-order valence-electron chi connectivity index (χ2n) is 5.30. The number of aromatic nitrogens is 1. The van der Waals surface area contributed by atoms with Crippen LogP contribution in [-0.4, -0.2) is 22.7 Å². The molecule has 2 aromatic rings. The fourth-order valence-corrected chi connectivity index (χ4v) is 2.22. The summed E-state index contributed by atoms with van der Waals surface area (Å²) in [6.45, 7) is 3.89. The highest BCUT2D eigenvalue weighted by molar-refractivity contribution is 5.92. The average molecular weight is 311 g/mol. The molecule has 4 nitrogen and oxygen atoms in total. The van der Waals surface area contributed by atoms with E-state index in [9.17, 15) is 9.90 Å². The van der Waals surface area contributed by atoms with Gasteiger partial charge in [0.1, 0.15) is 0 Å². The van der Waals surface area contributed by atoms with Crippen LogP contribution in [-0.2, 0) is 16.0 Å². The summed E-state index contributed by atoms with van der Waals surface area (Å²) < 4.78 is 4.96. The number of hydrogen-bond acceptors (Lipinski definition) is 4. The van der Waals surface area contributed by atoms with Crippen LogP contribution in [0.1, 0.15) is 36.6 Å².